The molecule has 0 bridgehead atoms. The van der Waals surface area contributed by atoms with E-state index in [0.29, 0.717) is 6.04 Å². The Morgan fingerprint density at radius 3 is 2.71 bits per heavy atom. The number of nitrogens with one attached hydrogen (secondary N) is 1. The number of hydrogen-bond donors (Lipinski definition) is 1. The van der Waals surface area contributed by atoms with E-state index >= 15 is 0 Å². The van der Waals surface area contributed by atoms with Gasteiger partial charge in [0.25, 0.3) is 0 Å². The minimum absolute atomic E-state index is 0.425. The van der Waals surface area contributed by atoms with E-state index in [1.165, 1.54) is 5.56 Å². The van der Waals surface area contributed by atoms with Crippen molar-refractivity contribution in [1.82, 2.24) is 20.1 Å². The lowest BCUT2D eigenvalue weighted by molar-refractivity contribution is 0.525. The van der Waals surface area contributed by atoms with Crippen molar-refractivity contribution in [3.63, 3.8) is 0 Å². The van der Waals surface area contributed by atoms with Gasteiger partial charge in [-0.2, -0.15) is 0 Å². The third-order valence-electron chi connectivity index (χ3n) is 2.80. The molecule has 0 aliphatic carbocycles. The van der Waals surface area contributed by atoms with E-state index in [4.69, 9.17) is 0 Å². The molecule has 0 amide bonds. The zero-order chi connectivity index (χ0) is 12.1. The minimum Gasteiger partial charge on any atom is -0.320 e. The van der Waals surface area contributed by atoms with Gasteiger partial charge >= 0.3 is 0 Å². The molecule has 90 valence electrons. The minimum atomic E-state index is 0.425. The summed E-state index contributed by atoms with van der Waals surface area (Å²) in [5, 5.41) is 11.4. The maximum Gasteiger partial charge on any atom is 0.146 e. The van der Waals surface area contributed by atoms with Crippen LogP contribution in [0.25, 0.3) is 0 Å². The molecule has 1 aromatic heterocycles. The van der Waals surface area contributed by atoms with Crippen LogP contribution in [-0.2, 0) is 20.0 Å². The molecule has 0 fully saturated rings. The predicted octanol–water partition coefficient (Wildman–Crippen LogP) is 1.54. The molecule has 1 N–H and O–H groups in total. The molecule has 2 aromatic rings. The third kappa shape index (κ3) is 3.39. The molecule has 0 saturated carbocycles. The van der Waals surface area contributed by atoms with Crippen molar-refractivity contribution in [2.45, 2.75) is 25.9 Å². The predicted molar refractivity (Wildman–Crippen MR) is 67.5 cm³/mol. The highest BCUT2D eigenvalue weighted by Crippen LogP contribution is 2.03. The molecular formula is C13H18N4. The van der Waals surface area contributed by atoms with Gasteiger partial charge in [-0.1, -0.05) is 30.3 Å². The first-order valence-electron chi connectivity index (χ1n) is 5.86. The topological polar surface area (TPSA) is 42.7 Å². The number of aryl methyl sites for hydroxylation is 1. The van der Waals surface area contributed by atoms with Crippen LogP contribution in [0.15, 0.2) is 36.7 Å². The summed E-state index contributed by atoms with van der Waals surface area (Å²) in [6.07, 6.45) is 2.75. The van der Waals surface area contributed by atoms with Crippen molar-refractivity contribution >= 4 is 0 Å². The highest BCUT2D eigenvalue weighted by Gasteiger charge is 2.05. The van der Waals surface area contributed by atoms with Crippen molar-refractivity contribution in [3.05, 3.63) is 48.0 Å². The number of benzene rings is 1. The van der Waals surface area contributed by atoms with Crippen molar-refractivity contribution in [3.8, 4) is 0 Å². The average Bonchev–Trinajstić information content (AvgIpc) is 2.74. The summed E-state index contributed by atoms with van der Waals surface area (Å²) in [6, 6.07) is 10.9. The molecule has 4 nitrogen and oxygen atoms in total. The zero-order valence-corrected chi connectivity index (χ0v) is 10.3. The number of rotatable bonds is 5. The van der Waals surface area contributed by atoms with Crippen LogP contribution in [0.3, 0.4) is 0 Å². The van der Waals surface area contributed by atoms with Crippen molar-refractivity contribution in [1.29, 1.82) is 0 Å². The molecule has 0 aliphatic heterocycles. The lowest BCUT2D eigenvalue weighted by atomic mass is 10.1. The Morgan fingerprint density at radius 2 is 2.06 bits per heavy atom. The van der Waals surface area contributed by atoms with Crippen LogP contribution in [-0.4, -0.2) is 20.8 Å². The number of aromatic nitrogens is 3. The van der Waals surface area contributed by atoms with Gasteiger partial charge in [0, 0.05) is 13.1 Å². The standard InChI is InChI=1S/C13H18N4/c1-11(8-12-6-4-3-5-7-12)14-9-13-16-15-10-17(13)2/h3-7,10-11,14H,8-9H2,1-2H3. The molecule has 0 aliphatic rings. The molecule has 1 unspecified atom stereocenters. The maximum atomic E-state index is 4.05. The van der Waals surface area contributed by atoms with Crippen molar-refractivity contribution < 1.29 is 0 Å². The molecule has 0 radical (unpaired) electrons. The van der Waals surface area contributed by atoms with Crippen LogP contribution in [0.5, 0.6) is 0 Å². The van der Waals surface area contributed by atoms with E-state index in [-0.39, 0.29) is 0 Å². The van der Waals surface area contributed by atoms with Crippen molar-refractivity contribution in [2.24, 2.45) is 7.05 Å². The summed E-state index contributed by atoms with van der Waals surface area (Å²) in [4.78, 5) is 0. The van der Waals surface area contributed by atoms with Crippen LogP contribution >= 0.6 is 0 Å². The quantitative estimate of drug-likeness (QED) is 0.847. The van der Waals surface area contributed by atoms with Gasteiger partial charge in [-0.25, -0.2) is 0 Å². The molecule has 1 aromatic carbocycles. The number of hydrogen-bond acceptors (Lipinski definition) is 3. The van der Waals surface area contributed by atoms with Gasteiger partial charge in [0.2, 0.25) is 0 Å². The molecular weight excluding hydrogens is 212 g/mol. The molecule has 1 heterocycles. The molecule has 1 atom stereocenters. The van der Waals surface area contributed by atoms with Crippen LogP contribution in [0.2, 0.25) is 0 Å². The molecule has 0 spiro atoms. The third-order valence-corrected chi connectivity index (χ3v) is 2.80. The molecule has 0 saturated heterocycles. The smallest absolute Gasteiger partial charge is 0.146 e. The van der Waals surface area contributed by atoms with Gasteiger partial charge < -0.3 is 9.88 Å². The van der Waals surface area contributed by atoms with Gasteiger partial charge in [0.15, 0.2) is 0 Å². The summed E-state index contributed by atoms with van der Waals surface area (Å²) < 4.78 is 1.93. The zero-order valence-electron chi connectivity index (χ0n) is 10.3. The van der Waals surface area contributed by atoms with Gasteiger partial charge in [-0.15, -0.1) is 10.2 Å². The summed E-state index contributed by atoms with van der Waals surface area (Å²) in [5.41, 5.74) is 1.35. The summed E-state index contributed by atoms with van der Waals surface area (Å²) in [5.74, 6) is 0.963. The van der Waals surface area contributed by atoms with Gasteiger partial charge in [0.1, 0.15) is 12.2 Å². The number of nitrogens with zero attached hydrogens (tertiary/aromatic N) is 3. The Labute approximate surface area is 102 Å². The van der Waals surface area contributed by atoms with Gasteiger partial charge in [-0.3, -0.25) is 0 Å². The fraction of sp³-hybridized carbons (Fsp3) is 0.385. The van der Waals surface area contributed by atoms with E-state index in [1.54, 1.807) is 6.33 Å². The Morgan fingerprint density at radius 1 is 1.29 bits per heavy atom. The molecule has 17 heavy (non-hydrogen) atoms. The van der Waals surface area contributed by atoms with E-state index in [2.05, 4.69) is 46.7 Å². The molecule has 4 heteroatoms. The first kappa shape index (κ1) is 11.8. The Hall–Kier alpha value is -1.68. The fourth-order valence-electron chi connectivity index (χ4n) is 1.77. The highest BCUT2D eigenvalue weighted by atomic mass is 15.3. The van der Waals surface area contributed by atoms with Crippen molar-refractivity contribution in [2.75, 3.05) is 0 Å². The first-order chi connectivity index (χ1) is 8.25. The van der Waals surface area contributed by atoms with Gasteiger partial charge in [0.05, 0.1) is 6.54 Å². The van der Waals surface area contributed by atoms with E-state index in [0.717, 1.165) is 18.8 Å². The monoisotopic (exact) mass is 230 g/mol. The summed E-state index contributed by atoms with van der Waals surface area (Å²) in [7, 11) is 1.96. The first-order valence-corrected chi connectivity index (χ1v) is 5.86. The van der Waals surface area contributed by atoms with Gasteiger partial charge in [-0.05, 0) is 18.9 Å². The maximum absolute atomic E-state index is 4.05. The van der Waals surface area contributed by atoms with E-state index in [1.807, 2.05) is 17.7 Å². The highest BCUT2D eigenvalue weighted by molar-refractivity contribution is 5.15. The Kier molecular flexibility index (Phi) is 3.88. The van der Waals surface area contributed by atoms with Crippen LogP contribution in [0.1, 0.15) is 18.3 Å². The normalized spacial score (nSPS) is 12.6. The second-order valence-corrected chi connectivity index (χ2v) is 4.33. The van der Waals surface area contributed by atoms with Crippen LogP contribution < -0.4 is 5.32 Å². The van der Waals surface area contributed by atoms with E-state index in [9.17, 15) is 0 Å². The Balaban J connectivity index is 1.82. The average molecular weight is 230 g/mol. The second-order valence-electron chi connectivity index (χ2n) is 4.33. The summed E-state index contributed by atoms with van der Waals surface area (Å²) >= 11 is 0. The fourth-order valence-corrected chi connectivity index (χ4v) is 1.77. The van der Waals surface area contributed by atoms with Crippen LogP contribution in [0.4, 0.5) is 0 Å². The second kappa shape index (κ2) is 5.59. The van der Waals surface area contributed by atoms with E-state index < -0.39 is 0 Å². The lowest BCUT2D eigenvalue weighted by Gasteiger charge is -2.13. The lowest BCUT2D eigenvalue weighted by Crippen LogP contribution is -2.28. The molecule has 2 rings (SSSR count). The Bertz CT molecular complexity index is 449. The SMILES string of the molecule is CC(Cc1ccccc1)NCc1nncn1C. The largest absolute Gasteiger partial charge is 0.320 e. The summed E-state index contributed by atoms with van der Waals surface area (Å²) in [6.45, 7) is 2.94. The van der Waals surface area contributed by atoms with Crippen LogP contribution in [0, 0.1) is 0 Å².